The van der Waals surface area contributed by atoms with E-state index in [4.69, 9.17) is 0 Å². The molecule has 0 atom stereocenters. The quantitative estimate of drug-likeness (QED) is 0.674. The first-order valence-electron chi connectivity index (χ1n) is 6.36. The maximum absolute atomic E-state index is 12.2. The minimum Gasteiger partial charge on any atom is -0.507 e. The van der Waals surface area contributed by atoms with Gasteiger partial charge in [-0.2, -0.15) is 0 Å². The third-order valence-electron chi connectivity index (χ3n) is 3.18. The van der Waals surface area contributed by atoms with Gasteiger partial charge in [-0.05, 0) is 11.5 Å². The summed E-state index contributed by atoms with van der Waals surface area (Å²) in [5.74, 6) is -0.836. The molecule has 0 saturated heterocycles. The number of aromatic hydroxyl groups is 1. The normalized spacial score (nSPS) is 10.5. The standard InChI is InChI=1S/C16H12N2O3/c19-14-8-15(20)17-9-12(14)16(21)18-13-7-3-5-10-4-1-2-6-11(10)13/h1-9H,(H,18,21)(H2,17,19,20). The van der Waals surface area contributed by atoms with Gasteiger partial charge in [0.05, 0.1) is 5.56 Å². The molecule has 1 amide bonds. The van der Waals surface area contributed by atoms with Crippen LogP contribution in [0.4, 0.5) is 5.69 Å². The van der Waals surface area contributed by atoms with Crippen LogP contribution in [0.15, 0.2) is 59.5 Å². The van der Waals surface area contributed by atoms with E-state index in [2.05, 4.69) is 10.3 Å². The summed E-state index contributed by atoms with van der Waals surface area (Å²) in [5, 5.41) is 14.3. The smallest absolute Gasteiger partial charge is 0.260 e. The summed E-state index contributed by atoms with van der Waals surface area (Å²) in [4.78, 5) is 25.6. The number of fused-ring (bicyclic) bond motifs is 1. The Morgan fingerprint density at radius 1 is 1.10 bits per heavy atom. The van der Waals surface area contributed by atoms with Crippen LogP contribution in [0.25, 0.3) is 10.8 Å². The van der Waals surface area contributed by atoms with Gasteiger partial charge in [0.2, 0.25) is 0 Å². The van der Waals surface area contributed by atoms with Crippen LogP contribution in [0.3, 0.4) is 0 Å². The molecule has 0 radical (unpaired) electrons. The van der Waals surface area contributed by atoms with Crippen LogP contribution in [0, 0.1) is 0 Å². The van der Waals surface area contributed by atoms with Crippen molar-refractivity contribution in [3.63, 3.8) is 0 Å². The van der Waals surface area contributed by atoms with E-state index in [1.807, 2.05) is 36.4 Å². The molecule has 0 saturated carbocycles. The Kier molecular flexibility index (Phi) is 3.16. The molecule has 5 heteroatoms. The molecule has 0 aliphatic carbocycles. The highest BCUT2D eigenvalue weighted by Gasteiger charge is 2.13. The van der Waals surface area contributed by atoms with Gasteiger partial charge in [0, 0.05) is 23.3 Å². The fourth-order valence-corrected chi connectivity index (χ4v) is 2.17. The molecule has 3 rings (SSSR count). The molecule has 1 aromatic heterocycles. The highest BCUT2D eigenvalue weighted by molar-refractivity contribution is 6.10. The third-order valence-corrected chi connectivity index (χ3v) is 3.18. The molecule has 0 fully saturated rings. The molecule has 1 heterocycles. The first kappa shape index (κ1) is 12.9. The minimum absolute atomic E-state index is 0.0162. The fourth-order valence-electron chi connectivity index (χ4n) is 2.17. The molecule has 0 aliphatic rings. The van der Waals surface area contributed by atoms with Crippen LogP contribution in [0.1, 0.15) is 10.4 Å². The van der Waals surface area contributed by atoms with Crippen molar-refractivity contribution in [2.45, 2.75) is 0 Å². The van der Waals surface area contributed by atoms with Crippen molar-refractivity contribution in [2.75, 3.05) is 5.32 Å². The molecule has 0 bridgehead atoms. The highest BCUT2D eigenvalue weighted by atomic mass is 16.3. The van der Waals surface area contributed by atoms with Crippen LogP contribution in [0.2, 0.25) is 0 Å². The summed E-state index contributed by atoms with van der Waals surface area (Å²) in [6.07, 6.45) is 1.19. The Morgan fingerprint density at radius 2 is 1.86 bits per heavy atom. The maximum Gasteiger partial charge on any atom is 0.260 e. The average molecular weight is 280 g/mol. The second kappa shape index (κ2) is 5.13. The van der Waals surface area contributed by atoms with E-state index in [0.29, 0.717) is 5.69 Å². The number of amides is 1. The first-order chi connectivity index (χ1) is 10.1. The van der Waals surface area contributed by atoms with E-state index in [9.17, 15) is 14.7 Å². The third kappa shape index (κ3) is 2.49. The number of rotatable bonds is 2. The van der Waals surface area contributed by atoms with Gasteiger partial charge in [0.25, 0.3) is 11.5 Å². The van der Waals surface area contributed by atoms with E-state index in [1.165, 1.54) is 6.20 Å². The second-order valence-electron chi connectivity index (χ2n) is 4.58. The Bertz CT molecular complexity index is 879. The molecular weight excluding hydrogens is 268 g/mol. The molecule has 0 unspecified atom stereocenters. The lowest BCUT2D eigenvalue weighted by molar-refractivity contribution is 0.102. The van der Waals surface area contributed by atoms with Gasteiger partial charge >= 0.3 is 0 Å². The number of carbonyl (C=O) groups excluding carboxylic acids is 1. The number of aromatic amines is 1. The van der Waals surface area contributed by atoms with E-state index in [-0.39, 0.29) is 11.3 Å². The molecule has 21 heavy (non-hydrogen) atoms. The van der Waals surface area contributed by atoms with Crippen molar-refractivity contribution in [3.05, 3.63) is 70.6 Å². The minimum atomic E-state index is -0.486. The number of anilines is 1. The Labute approximate surface area is 119 Å². The van der Waals surface area contributed by atoms with Crippen molar-refractivity contribution >= 4 is 22.4 Å². The summed E-state index contributed by atoms with van der Waals surface area (Å²) < 4.78 is 0. The lowest BCUT2D eigenvalue weighted by Gasteiger charge is -2.09. The summed E-state index contributed by atoms with van der Waals surface area (Å²) >= 11 is 0. The van der Waals surface area contributed by atoms with Crippen molar-refractivity contribution < 1.29 is 9.90 Å². The van der Waals surface area contributed by atoms with E-state index >= 15 is 0 Å². The van der Waals surface area contributed by atoms with Crippen LogP contribution in [0.5, 0.6) is 5.75 Å². The number of hydrogen-bond acceptors (Lipinski definition) is 3. The van der Waals surface area contributed by atoms with Crippen molar-refractivity contribution in [1.29, 1.82) is 0 Å². The van der Waals surface area contributed by atoms with Crippen molar-refractivity contribution in [2.24, 2.45) is 0 Å². The largest absolute Gasteiger partial charge is 0.507 e. The summed E-state index contributed by atoms with van der Waals surface area (Å²) in [6, 6.07) is 14.2. The number of aromatic nitrogens is 1. The van der Waals surface area contributed by atoms with E-state index in [0.717, 1.165) is 16.8 Å². The van der Waals surface area contributed by atoms with Gasteiger partial charge in [0.1, 0.15) is 5.75 Å². The zero-order chi connectivity index (χ0) is 14.8. The first-order valence-corrected chi connectivity index (χ1v) is 6.36. The van der Waals surface area contributed by atoms with E-state index in [1.54, 1.807) is 6.07 Å². The van der Waals surface area contributed by atoms with Crippen molar-refractivity contribution in [3.8, 4) is 5.75 Å². The predicted molar refractivity (Wildman–Crippen MR) is 80.6 cm³/mol. The molecule has 104 valence electrons. The fraction of sp³-hybridized carbons (Fsp3) is 0. The van der Waals surface area contributed by atoms with Crippen molar-refractivity contribution in [1.82, 2.24) is 4.98 Å². The number of pyridine rings is 1. The molecule has 3 N–H and O–H groups in total. The van der Waals surface area contributed by atoms with Crippen LogP contribution >= 0.6 is 0 Å². The van der Waals surface area contributed by atoms with Crippen LogP contribution < -0.4 is 10.9 Å². The Morgan fingerprint density at radius 3 is 2.67 bits per heavy atom. The maximum atomic E-state index is 12.2. The number of nitrogens with one attached hydrogen (secondary N) is 2. The zero-order valence-corrected chi connectivity index (χ0v) is 11.0. The van der Waals surface area contributed by atoms with Crippen LogP contribution in [-0.4, -0.2) is 16.0 Å². The number of H-pyrrole nitrogens is 1. The molecule has 5 nitrogen and oxygen atoms in total. The topological polar surface area (TPSA) is 82.2 Å². The zero-order valence-electron chi connectivity index (χ0n) is 11.0. The number of carbonyl (C=O) groups is 1. The number of benzene rings is 2. The predicted octanol–water partition coefficient (Wildman–Crippen LogP) is 2.49. The van der Waals surface area contributed by atoms with Gasteiger partial charge in [-0.3, -0.25) is 9.59 Å². The Balaban J connectivity index is 1.98. The van der Waals surface area contributed by atoms with Crippen LogP contribution in [-0.2, 0) is 0 Å². The Hall–Kier alpha value is -3.08. The molecule has 3 aromatic rings. The monoisotopic (exact) mass is 280 g/mol. The number of hydrogen-bond donors (Lipinski definition) is 3. The SMILES string of the molecule is O=C(Nc1cccc2ccccc12)c1c[nH]c(=O)cc1O. The van der Waals surface area contributed by atoms with Gasteiger partial charge in [-0.25, -0.2) is 0 Å². The van der Waals surface area contributed by atoms with Gasteiger partial charge in [-0.15, -0.1) is 0 Å². The van der Waals surface area contributed by atoms with Gasteiger partial charge in [0.15, 0.2) is 0 Å². The summed E-state index contributed by atoms with van der Waals surface area (Å²) in [5.41, 5.74) is 0.195. The highest BCUT2D eigenvalue weighted by Crippen LogP contribution is 2.24. The second-order valence-corrected chi connectivity index (χ2v) is 4.58. The summed E-state index contributed by atoms with van der Waals surface area (Å²) in [7, 11) is 0. The van der Waals surface area contributed by atoms with Gasteiger partial charge < -0.3 is 15.4 Å². The van der Waals surface area contributed by atoms with Gasteiger partial charge in [-0.1, -0.05) is 36.4 Å². The van der Waals surface area contributed by atoms with E-state index < -0.39 is 11.5 Å². The summed E-state index contributed by atoms with van der Waals surface area (Å²) in [6.45, 7) is 0. The molecular formula is C16H12N2O3. The average Bonchev–Trinajstić information content (AvgIpc) is 2.47. The lowest BCUT2D eigenvalue weighted by Crippen LogP contribution is -2.15. The molecule has 0 aliphatic heterocycles. The lowest BCUT2D eigenvalue weighted by atomic mass is 10.1. The molecule has 0 spiro atoms. The molecule has 2 aromatic carbocycles.